The Bertz CT molecular complexity index is 608. The van der Waals surface area contributed by atoms with Crippen molar-refractivity contribution in [2.45, 2.75) is 31.3 Å². The number of morpholine rings is 1. The van der Waals surface area contributed by atoms with Gasteiger partial charge in [0.25, 0.3) is 9.05 Å². The van der Waals surface area contributed by atoms with Crippen LogP contribution in [0.25, 0.3) is 0 Å². The lowest BCUT2D eigenvalue weighted by Gasteiger charge is -2.27. The Labute approximate surface area is 128 Å². The van der Waals surface area contributed by atoms with Gasteiger partial charge >= 0.3 is 0 Å². The molecule has 0 saturated carbocycles. The van der Waals surface area contributed by atoms with Crippen molar-refractivity contribution in [3.63, 3.8) is 0 Å². The second kappa shape index (κ2) is 6.76. The molecule has 0 N–H and O–H groups in total. The van der Waals surface area contributed by atoms with Gasteiger partial charge in [-0.1, -0.05) is 6.92 Å². The predicted molar refractivity (Wildman–Crippen MR) is 76.7 cm³/mol. The zero-order chi connectivity index (χ0) is 15.5. The van der Waals surface area contributed by atoms with Gasteiger partial charge in [0.2, 0.25) is 5.91 Å². The standard InChI is InChI=1S/C12H18ClN3O4S/c1-2-3-10-14-11(21(13,18)19)8-16(10)9-12(17)15-4-6-20-7-5-15/h8H,2-7,9H2,1H3. The van der Waals surface area contributed by atoms with E-state index in [0.717, 1.165) is 6.42 Å². The van der Waals surface area contributed by atoms with Crippen LogP contribution >= 0.6 is 10.7 Å². The Morgan fingerprint density at radius 2 is 2.10 bits per heavy atom. The summed E-state index contributed by atoms with van der Waals surface area (Å²) < 4.78 is 29.5. The maximum Gasteiger partial charge on any atom is 0.280 e. The molecule has 1 fully saturated rings. The Kier molecular flexibility index (Phi) is 5.23. The average Bonchev–Trinajstić information content (AvgIpc) is 2.83. The van der Waals surface area contributed by atoms with Crippen LogP contribution in [0.15, 0.2) is 11.2 Å². The topological polar surface area (TPSA) is 81.5 Å². The van der Waals surface area contributed by atoms with Crippen molar-refractivity contribution in [1.82, 2.24) is 14.5 Å². The quantitative estimate of drug-likeness (QED) is 0.737. The van der Waals surface area contributed by atoms with E-state index in [4.69, 9.17) is 15.4 Å². The largest absolute Gasteiger partial charge is 0.378 e. The van der Waals surface area contributed by atoms with Crippen molar-refractivity contribution in [1.29, 1.82) is 0 Å². The van der Waals surface area contributed by atoms with Crippen molar-refractivity contribution < 1.29 is 17.9 Å². The summed E-state index contributed by atoms with van der Waals surface area (Å²) in [5.41, 5.74) is 0. The number of rotatable bonds is 5. The summed E-state index contributed by atoms with van der Waals surface area (Å²) in [6, 6.07) is 0. The number of aryl methyl sites for hydroxylation is 1. The number of hydrogen-bond donors (Lipinski definition) is 0. The van der Waals surface area contributed by atoms with Gasteiger partial charge in [0.15, 0.2) is 5.03 Å². The first-order chi connectivity index (χ1) is 9.91. The lowest BCUT2D eigenvalue weighted by atomic mass is 10.3. The number of nitrogens with zero attached hydrogens (tertiary/aromatic N) is 3. The Morgan fingerprint density at radius 1 is 1.43 bits per heavy atom. The number of hydrogen-bond acceptors (Lipinski definition) is 5. The first-order valence-electron chi connectivity index (χ1n) is 6.78. The van der Waals surface area contributed by atoms with E-state index in [1.165, 1.54) is 6.20 Å². The maximum atomic E-state index is 12.2. The van der Waals surface area contributed by atoms with Crippen LogP contribution in [0, 0.1) is 0 Å². The number of carbonyl (C=O) groups is 1. The van der Waals surface area contributed by atoms with Gasteiger partial charge in [-0.25, -0.2) is 13.4 Å². The smallest absolute Gasteiger partial charge is 0.280 e. The van der Waals surface area contributed by atoms with E-state index < -0.39 is 9.05 Å². The van der Waals surface area contributed by atoms with E-state index >= 15 is 0 Å². The summed E-state index contributed by atoms with van der Waals surface area (Å²) in [6.45, 7) is 4.18. The molecule has 1 aliphatic heterocycles. The number of carbonyl (C=O) groups excluding carboxylic acids is 1. The number of halogens is 1. The molecule has 1 amide bonds. The van der Waals surface area contributed by atoms with Crippen LogP contribution in [0.5, 0.6) is 0 Å². The minimum Gasteiger partial charge on any atom is -0.378 e. The molecule has 0 atom stereocenters. The van der Waals surface area contributed by atoms with Crippen LogP contribution in [0.3, 0.4) is 0 Å². The molecule has 118 valence electrons. The lowest BCUT2D eigenvalue weighted by Crippen LogP contribution is -2.42. The molecule has 0 aliphatic carbocycles. The molecular formula is C12H18ClN3O4S. The molecule has 1 aromatic heterocycles. The van der Waals surface area contributed by atoms with E-state index in [2.05, 4.69) is 4.98 Å². The highest BCUT2D eigenvalue weighted by Crippen LogP contribution is 2.16. The Balaban J connectivity index is 2.17. The third-order valence-corrected chi connectivity index (χ3v) is 4.40. The van der Waals surface area contributed by atoms with Crippen molar-refractivity contribution in [2.24, 2.45) is 0 Å². The zero-order valence-corrected chi connectivity index (χ0v) is 13.4. The normalized spacial score (nSPS) is 16.2. The fourth-order valence-electron chi connectivity index (χ4n) is 2.16. The fourth-order valence-corrected chi connectivity index (χ4v) is 2.85. The second-order valence-corrected chi connectivity index (χ2v) is 7.32. The van der Waals surface area contributed by atoms with E-state index in [9.17, 15) is 13.2 Å². The van der Waals surface area contributed by atoms with Crippen molar-refractivity contribution in [3.8, 4) is 0 Å². The molecule has 0 aromatic carbocycles. The fraction of sp³-hybridized carbons (Fsp3) is 0.667. The SMILES string of the molecule is CCCc1nc(S(=O)(=O)Cl)cn1CC(=O)N1CCOCC1. The average molecular weight is 336 g/mol. The third kappa shape index (κ3) is 4.18. The van der Waals surface area contributed by atoms with E-state index in [0.29, 0.717) is 38.5 Å². The van der Waals surface area contributed by atoms with Crippen LogP contribution in [-0.4, -0.2) is 55.1 Å². The summed E-state index contributed by atoms with van der Waals surface area (Å²) in [5.74, 6) is 0.477. The van der Waals surface area contributed by atoms with Gasteiger partial charge in [0.05, 0.1) is 13.2 Å². The van der Waals surface area contributed by atoms with Crippen LogP contribution in [0.1, 0.15) is 19.2 Å². The summed E-state index contributed by atoms with van der Waals surface area (Å²) in [7, 11) is 1.43. The predicted octanol–water partition coefficient (Wildman–Crippen LogP) is 0.622. The number of imidazole rings is 1. The van der Waals surface area contributed by atoms with Crippen LogP contribution in [0.4, 0.5) is 0 Å². The molecule has 2 heterocycles. The minimum atomic E-state index is -3.89. The first-order valence-corrected chi connectivity index (χ1v) is 9.09. The van der Waals surface area contributed by atoms with Crippen LogP contribution < -0.4 is 0 Å². The van der Waals surface area contributed by atoms with Crippen LogP contribution in [-0.2, 0) is 31.5 Å². The van der Waals surface area contributed by atoms with Crippen molar-refractivity contribution in [3.05, 3.63) is 12.0 Å². The summed E-state index contributed by atoms with van der Waals surface area (Å²) in [5, 5.41) is -0.206. The highest BCUT2D eigenvalue weighted by atomic mass is 35.7. The highest BCUT2D eigenvalue weighted by Gasteiger charge is 2.21. The zero-order valence-electron chi connectivity index (χ0n) is 11.8. The molecule has 1 aliphatic rings. The van der Waals surface area contributed by atoms with Crippen molar-refractivity contribution in [2.75, 3.05) is 26.3 Å². The molecular weight excluding hydrogens is 318 g/mol. The van der Waals surface area contributed by atoms with Crippen molar-refractivity contribution >= 4 is 25.6 Å². The molecule has 1 aromatic rings. The highest BCUT2D eigenvalue weighted by molar-refractivity contribution is 8.13. The molecule has 21 heavy (non-hydrogen) atoms. The molecule has 9 heteroatoms. The van der Waals surface area contributed by atoms with E-state index in [-0.39, 0.29) is 17.5 Å². The van der Waals surface area contributed by atoms with Gasteiger partial charge in [0, 0.05) is 36.4 Å². The van der Waals surface area contributed by atoms with E-state index in [1.54, 1.807) is 9.47 Å². The minimum absolute atomic E-state index is 0.0642. The van der Waals surface area contributed by atoms with Gasteiger partial charge in [-0.3, -0.25) is 4.79 Å². The third-order valence-electron chi connectivity index (χ3n) is 3.23. The molecule has 0 spiro atoms. The van der Waals surface area contributed by atoms with E-state index in [1.807, 2.05) is 6.92 Å². The Morgan fingerprint density at radius 3 is 2.67 bits per heavy atom. The number of ether oxygens (including phenoxy) is 1. The first kappa shape index (κ1) is 16.3. The molecule has 1 saturated heterocycles. The summed E-state index contributed by atoms with van der Waals surface area (Å²) in [6.07, 6.45) is 2.71. The Hall–Kier alpha value is -1.12. The lowest BCUT2D eigenvalue weighted by molar-refractivity contribution is -0.135. The summed E-state index contributed by atoms with van der Waals surface area (Å²) >= 11 is 0. The second-order valence-electron chi connectivity index (χ2n) is 4.80. The molecule has 0 radical (unpaired) electrons. The molecule has 0 bridgehead atoms. The molecule has 0 unspecified atom stereocenters. The van der Waals surface area contributed by atoms with Gasteiger partial charge in [-0.2, -0.15) is 0 Å². The monoisotopic (exact) mass is 335 g/mol. The van der Waals surface area contributed by atoms with Gasteiger partial charge in [-0.05, 0) is 6.42 Å². The number of amides is 1. The van der Waals surface area contributed by atoms with Crippen LogP contribution in [0.2, 0.25) is 0 Å². The van der Waals surface area contributed by atoms with Gasteiger partial charge in [0.1, 0.15) is 12.4 Å². The maximum absolute atomic E-state index is 12.2. The summed E-state index contributed by atoms with van der Waals surface area (Å²) in [4.78, 5) is 17.9. The molecule has 7 nitrogen and oxygen atoms in total. The number of aromatic nitrogens is 2. The van der Waals surface area contributed by atoms with Gasteiger partial charge < -0.3 is 14.2 Å². The van der Waals surface area contributed by atoms with Gasteiger partial charge in [-0.15, -0.1) is 0 Å². The molecule has 2 rings (SSSR count).